The van der Waals surface area contributed by atoms with Gasteiger partial charge in [0.2, 0.25) is 0 Å². The summed E-state index contributed by atoms with van der Waals surface area (Å²) in [6.07, 6.45) is 26.7. The summed E-state index contributed by atoms with van der Waals surface area (Å²) in [6, 6.07) is 0. The molecule has 0 amide bonds. The van der Waals surface area contributed by atoms with Gasteiger partial charge < -0.3 is 15.3 Å². The van der Waals surface area contributed by atoms with Gasteiger partial charge in [-0.3, -0.25) is 4.79 Å². The number of allylic oxidation sites excluding steroid dienone is 8. The van der Waals surface area contributed by atoms with Crippen LogP contribution in [0.25, 0.3) is 0 Å². The highest BCUT2D eigenvalue weighted by Crippen LogP contribution is 2.15. The molecule has 4 nitrogen and oxygen atoms in total. The maximum absolute atomic E-state index is 11.6. The zero-order chi connectivity index (χ0) is 20.4. The highest BCUT2D eigenvalue weighted by Gasteiger charge is 2.33. The first-order valence-corrected chi connectivity index (χ1v) is 10.2. The Bertz CT molecular complexity index is 481. The Morgan fingerprint density at radius 2 is 1.22 bits per heavy atom. The van der Waals surface area contributed by atoms with Crippen LogP contribution in [-0.4, -0.2) is 27.1 Å². The molecule has 0 bridgehead atoms. The predicted molar refractivity (Wildman–Crippen MR) is 112 cm³/mol. The summed E-state index contributed by atoms with van der Waals surface area (Å²) in [5.74, 6) is -4.45. The maximum atomic E-state index is 11.6. The summed E-state index contributed by atoms with van der Waals surface area (Å²) in [7, 11) is 0. The Kier molecular flexibility index (Phi) is 15.7. The van der Waals surface area contributed by atoms with Crippen LogP contribution < -0.4 is 0 Å². The number of ketones is 1. The molecule has 0 rings (SSSR count). The summed E-state index contributed by atoms with van der Waals surface area (Å²) in [6.45, 7) is 3.53. The molecular weight excluding hydrogens is 340 g/mol. The topological polar surface area (TPSA) is 77.8 Å². The molecule has 1 atom stereocenters. The second kappa shape index (κ2) is 16.7. The Hall–Kier alpha value is -1.49. The minimum absolute atomic E-state index is 0.225. The van der Waals surface area contributed by atoms with Crippen molar-refractivity contribution in [3.05, 3.63) is 48.6 Å². The van der Waals surface area contributed by atoms with Gasteiger partial charge in [0.25, 0.3) is 5.97 Å². The lowest BCUT2D eigenvalue weighted by Crippen LogP contribution is -2.40. The third-order valence-corrected chi connectivity index (χ3v) is 4.32. The monoisotopic (exact) mass is 378 g/mol. The average Bonchev–Trinajstić information content (AvgIpc) is 2.62. The van der Waals surface area contributed by atoms with Crippen molar-refractivity contribution in [3.8, 4) is 0 Å². The van der Waals surface area contributed by atoms with E-state index in [4.69, 9.17) is 15.3 Å². The lowest BCUT2D eigenvalue weighted by atomic mass is 9.99. The lowest BCUT2D eigenvalue weighted by Gasteiger charge is -2.20. The van der Waals surface area contributed by atoms with Crippen LogP contribution in [0.5, 0.6) is 0 Å². The Morgan fingerprint density at radius 3 is 1.67 bits per heavy atom. The van der Waals surface area contributed by atoms with Crippen LogP contribution in [0.1, 0.15) is 78.1 Å². The van der Waals surface area contributed by atoms with Crippen LogP contribution in [0.4, 0.5) is 0 Å². The van der Waals surface area contributed by atoms with Crippen molar-refractivity contribution in [2.45, 2.75) is 84.0 Å². The quantitative estimate of drug-likeness (QED) is 0.201. The van der Waals surface area contributed by atoms with E-state index >= 15 is 0 Å². The molecule has 0 aliphatic rings. The molecule has 0 aliphatic carbocycles. The van der Waals surface area contributed by atoms with E-state index in [1.165, 1.54) is 32.6 Å². The smallest absolute Gasteiger partial charge is 0.285 e. The fraction of sp³-hybridized carbons (Fsp3) is 0.609. The van der Waals surface area contributed by atoms with Crippen molar-refractivity contribution >= 4 is 5.78 Å². The van der Waals surface area contributed by atoms with E-state index in [0.29, 0.717) is 6.42 Å². The Balaban J connectivity index is 3.63. The molecular formula is C23H38O4. The molecule has 3 N–H and O–H groups in total. The Labute approximate surface area is 165 Å². The van der Waals surface area contributed by atoms with Crippen molar-refractivity contribution in [1.82, 2.24) is 0 Å². The van der Waals surface area contributed by atoms with E-state index in [9.17, 15) is 4.79 Å². The summed E-state index contributed by atoms with van der Waals surface area (Å²) in [5, 5.41) is 26.9. The first-order valence-electron chi connectivity index (χ1n) is 10.2. The molecule has 1 unspecified atom stereocenters. The van der Waals surface area contributed by atoms with E-state index in [-0.39, 0.29) is 12.2 Å². The molecule has 0 aliphatic heterocycles. The highest BCUT2D eigenvalue weighted by molar-refractivity contribution is 5.81. The third kappa shape index (κ3) is 16.4. The van der Waals surface area contributed by atoms with E-state index in [2.05, 4.69) is 49.5 Å². The summed E-state index contributed by atoms with van der Waals surface area (Å²) in [4.78, 5) is 11.6. The van der Waals surface area contributed by atoms with Crippen LogP contribution in [0.2, 0.25) is 0 Å². The van der Waals surface area contributed by atoms with Gasteiger partial charge in [0.1, 0.15) is 5.78 Å². The molecule has 0 aromatic rings. The molecule has 0 aromatic carbocycles. The lowest BCUT2D eigenvalue weighted by molar-refractivity contribution is -0.331. The number of rotatable bonds is 16. The zero-order valence-electron chi connectivity index (χ0n) is 17.0. The molecule has 4 heteroatoms. The van der Waals surface area contributed by atoms with Crippen molar-refractivity contribution in [3.63, 3.8) is 0 Å². The normalized spacial score (nSPS) is 14.3. The molecule has 0 spiro atoms. The molecule has 0 radical (unpaired) electrons. The third-order valence-electron chi connectivity index (χ3n) is 4.32. The molecule has 0 aromatic heterocycles. The van der Waals surface area contributed by atoms with Crippen LogP contribution in [0.3, 0.4) is 0 Å². The van der Waals surface area contributed by atoms with E-state index < -0.39 is 11.9 Å². The molecule has 27 heavy (non-hydrogen) atoms. The molecule has 0 saturated heterocycles. The van der Waals surface area contributed by atoms with Crippen molar-refractivity contribution < 1.29 is 20.1 Å². The number of carbonyl (C=O) groups is 1. The summed E-state index contributed by atoms with van der Waals surface area (Å²) < 4.78 is 0. The van der Waals surface area contributed by atoms with Gasteiger partial charge in [-0.15, -0.1) is 0 Å². The number of Topliss-reactive ketones (excluding diaryl/α,β-unsaturated/α-hetero) is 1. The van der Waals surface area contributed by atoms with Gasteiger partial charge in [-0.1, -0.05) is 68.4 Å². The number of hydrogen-bond acceptors (Lipinski definition) is 4. The highest BCUT2D eigenvalue weighted by atomic mass is 16.7. The van der Waals surface area contributed by atoms with Crippen LogP contribution >= 0.6 is 0 Å². The van der Waals surface area contributed by atoms with Crippen molar-refractivity contribution in [2.24, 2.45) is 5.92 Å². The molecule has 154 valence electrons. The average molecular weight is 379 g/mol. The summed E-state index contributed by atoms with van der Waals surface area (Å²) >= 11 is 0. The number of carbonyl (C=O) groups excluding carboxylic acids is 1. The van der Waals surface area contributed by atoms with Crippen LogP contribution in [0, 0.1) is 5.92 Å². The zero-order valence-corrected chi connectivity index (χ0v) is 17.0. The van der Waals surface area contributed by atoms with Crippen molar-refractivity contribution in [1.29, 1.82) is 0 Å². The Morgan fingerprint density at radius 1 is 0.778 bits per heavy atom. The van der Waals surface area contributed by atoms with E-state index in [0.717, 1.165) is 25.7 Å². The van der Waals surface area contributed by atoms with E-state index in [1.807, 2.05) is 6.08 Å². The van der Waals surface area contributed by atoms with Gasteiger partial charge in [0.05, 0.1) is 5.92 Å². The van der Waals surface area contributed by atoms with Gasteiger partial charge in [0, 0.05) is 6.42 Å². The van der Waals surface area contributed by atoms with Gasteiger partial charge >= 0.3 is 0 Å². The minimum atomic E-state index is -2.92. The second-order valence-electron chi connectivity index (χ2n) is 6.86. The minimum Gasteiger partial charge on any atom is -0.343 e. The van der Waals surface area contributed by atoms with Gasteiger partial charge in [0.15, 0.2) is 0 Å². The van der Waals surface area contributed by atoms with Gasteiger partial charge in [-0.05, 0) is 51.9 Å². The number of hydrogen-bond donors (Lipinski definition) is 3. The predicted octanol–water partition coefficient (Wildman–Crippen LogP) is 4.97. The first kappa shape index (κ1) is 25.5. The van der Waals surface area contributed by atoms with Gasteiger partial charge in [-0.2, -0.15) is 0 Å². The first-order chi connectivity index (χ1) is 12.9. The number of unbranched alkanes of at least 4 members (excludes halogenated alkanes) is 4. The number of aliphatic hydroxyl groups is 3. The SMILES string of the molecule is CCCCC/C=C\C/C=C\C/C=C\C/C=C\CCCC(=O)C(C)C(O)(O)O. The van der Waals surface area contributed by atoms with E-state index in [1.54, 1.807) is 0 Å². The van der Waals surface area contributed by atoms with Gasteiger partial charge in [-0.25, -0.2) is 0 Å². The molecule has 0 saturated carbocycles. The fourth-order valence-corrected chi connectivity index (χ4v) is 2.39. The van der Waals surface area contributed by atoms with Crippen molar-refractivity contribution in [2.75, 3.05) is 0 Å². The largest absolute Gasteiger partial charge is 0.343 e. The second-order valence-corrected chi connectivity index (χ2v) is 6.86. The standard InChI is InChI=1S/C23H38O4/c1-3-4-5-6-7-8-9-10-11-12-13-14-15-16-17-18-19-20-22(24)21(2)23(25,26)27/h7-8,10-11,13-14,16-17,21,25-27H,3-6,9,12,15,18-20H2,1-2H3/b8-7-,11-10-,14-13-,17-16-. The van der Waals surface area contributed by atoms with Crippen LogP contribution in [-0.2, 0) is 4.79 Å². The van der Waals surface area contributed by atoms with Crippen LogP contribution in [0.15, 0.2) is 48.6 Å². The molecule has 0 fully saturated rings. The maximum Gasteiger partial charge on any atom is 0.285 e. The molecule has 0 heterocycles. The fourth-order valence-electron chi connectivity index (χ4n) is 2.39. The summed E-state index contributed by atoms with van der Waals surface area (Å²) in [5.41, 5.74) is 0.